The summed E-state index contributed by atoms with van der Waals surface area (Å²) >= 11 is 0. The average molecular weight is 264 g/mol. The van der Waals surface area contributed by atoms with Gasteiger partial charge in [0.15, 0.2) is 0 Å². The zero-order valence-corrected chi connectivity index (χ0v) is 12.9. The van der Waals surface area contributed by atoms with Crippen LogP contribution in [-0.4, -0.2) is 25.2 Å². The van der Waals surface area contributed by atoms with Crippen LogP contribution < -0.4 is 15.8 Å². The third-order valence-electron chi connectivity index (χ3n) is 3.98. The highest BCUT2D eigenvalue weighted by atomic mass is 16.5. The molecule has 0 fully saturated rings. The molecule has 1 atom stereocenters. The van der Waals surface area contributed by atoms with Crippen molar-refractivity contribution in [2.24, 2.45) is 11.7 Å². The van der Waals surface area contributed by atoms with Gasteiger partial charge < -0.3 is 15.8 Å². The fourth-order valence-corrected chi connectivity index (χ4v) is 2.03. The summed E-state index contributed by atoms with van der Waals surface area (Å²) in [5, 5.41) is 3.50. The van der Waals surface area contributed by atoms with Gasteiger partial charge in [0.05, 0.1) is 0 Å². The Bertz CT molecular complexity index is 383. The Hall–Kier alpha value is -1.06. The number of aryl methyl sites for hydroxylation is 2. The SMILES string of the molecule is Cc1cccc(C)c1OCCNC(C)(CN)C(C)C. The van der Waals surface area contributed by atoms with Crippen molar-refractivity contribution in [2.75, 3.05) is 19.7 Å². The van der Waals surface area contributed by atoms with Crippen LogP contribution in [0.4, 0.5) is 0 Å². The maximum Gasteiger partial charge on any atom is 0.125 e. The number of hydrogen-bond acceptors (Lipinski definition) is 3. The normalized spacial score (nSPS) is 14.5. The topological polar surface area (TPSA) is 47.3 Å². The molecule has 0 aliphatic heterocycles. The van der Waals surface area contributed by atoms with E-state index >= 15 is 0 Å². The molecule has 108 valence electrons. The van der Waals surface area contributed by atoms with E-state index in [2.05, 4.69) is 58.1 Å². The van der Waals surface area contributed by atoms with Crippen molar-refractivity contribution >= 4 is 0 Å². The number of hydrogen-bond donors (Lipinski definition) is 2. The molecule has 3 N–H and O–H groups in total. The molecule has 0 heterocycles. The number of nitrogens with one attached hydrogen (secondary N) is 1. The molecule has 0 bridgehead atoms. The Balaban J connectivity index is 2.47. The Labute approximate surface area is 117 Å². The van der Waals surface area contributed by atoms with E-state index < -0.39 is 0 Å². The summed E-state index contributed by atoms with van der Waals surface area (Å²) in [6, 6.07) is 6.21. The molecule has 3 heteroatoms. The second-order valence-electron chi connectivity index (χ2n) is 5.77. The molecule has 0 amide bonds. The first kappa shape index (κ1) is 16.0. The van der Waals surface area contributed by atoms with Gasteiger partial charge in [0, 0.05) is 18.6 Å². The summed E-state index contributed by atoms with van der Waals surface area (Å²) in [7, 11) is 0. The molecule has 0 spiro atoms. The van der Waals surface area contributed by atoms with E-state index in [0.29, 0.717) is 19.1 Å². The zero-order valence-electron chi connectivity index (χ0n) is 12.9. The van der Waals surface area contributed by atoms with E-state index in [-0.39, 0.29) is 5.54 Å². The van der Waals surface area contributed by atoms with E-state index in [9.17, 15) is 0 Å². The largest absolute Gasteiger partial charge is 0.492 e. The van der Waals surface area contributed by atoms with Gasteiger partial charge in [0.2, 0.25) is 0 Å². The lowest BCUT2D eigenvalue weighted by atomic mass is 9.88. The Morgan fingerprint density at radius 3 is 2.32 bits per heavy atom. The number of rotatable bonds is 7. The highest BCUT2D eigenvalue weighted by Crippen LogP contribution is 2.22. The van der Waals surface area contributed by atoms with Crippen LogP contribution in [0.25, 0.3) is 0 Å². The van der Waals surface area contributed by atoms with Gasteiger partial charge in [-0.2, -0.15) is 0 Å². The van der Waals surface area contributed by atoms with Crippen LogP contribution in [0.5, 0.6) is 5.75 Å². The maximum absolute atomic E-state index is 5.88. The van der Waals surface area contributed by atoms with Gasteiger partial charge in [-0.05, 0) is 37.8 Å². The van der Waals surface area contributed by atoms with Crippen molar-refractivity contribution in [3.63, 3.8) is 0 Å². The number of nitrogens with two attached hydrogens (primary N) is 1. The highest BCUT2D eigenvalue weighted by molar-refractivity contribution is 5.39. The standard InChI is InChI=1S/C16H28N2O/c1-12(2)16(5,11-17)18-9-10-19-15-13(3)7-6-8-14(15)4/h6-8,12,18H,9-11,17H2,1-5H3. The van der Waals surface area contributed by atoms with E-state index in [4.69, 9.17) is 10.5 Å². The number of ether oxygens (including phenoxy) is 1. The van der Waals surface area contributed by atoms with Gasteiger partial charge in [-0.3, -0.25) is 0 Å². The van der Waals surface area contributed by atoms with E-state index in [1.807, 2.05) is 0 Å². The number of benzene rings is 1. The third-order valence-corrected chi connectivity index (χ3v) is 3.98. The smallest absolute Gasteiger partial charge is 0.125 e. The van der Waals surface area contributed by atoms with Gasteiger partial charge in [-0.25, -0.2) is 0 Å². The molecule has 3 nitrogen and oxygen atoms in total. The number of para-hydroxylation sites is 1. The minimum atomic E-state index is -0.0237. The molecule has 1 unspecified atom stereocenters. The Kier molecular flexibility index (Phi) is 5.83. The van der Waals surface area contributed by atoms with Crippen LogP contribution in [0.15, 0.2) is 18.2 Å². The molecule has 1 aromatic carbocycles. The van der Waals surface area contributed by atoms with Crippen LogP contribution in [0.3, 0.4) is 0 Å². The fraction of sp³-hybridized carbons (Fsp3) is 0.625. The predicted molar refractivity (Wildman–Crippen MR) is 81.7 cm³/mol. The van der Waals surface area contributed by atoms with Crippen molar-refractivity contribution in [1.29, 1.82) is 0 Å². The van der Waals surface area contributed by atoms with Gasteiger partial charge >= 0.3 is 0 Å². The molecule has 1 rings (SSSR count). The van der Waals surface area contributed by atoms with Gasteiger partial charge in [0.25, 0.3) is 0 Å². The van der Waals surface area contributed by atoms with Crippen molar-refractivity contribution in [3.8, 4) is 5.75 Å². The first-order valence-electron chi connectivity index (χ1n) is 7.05. The van der Waals surface area contributed by atoms with Crippen molar-refractivity contribution < 1.29 is 4.74 Å². The third kappa shape index (κ3) is 4.22. The molecule has 0 radical (unpaired) electrons. The van der Waals surface area contributed by atoms with Crippen LogP contribution in [-0.2, 0) is 0 Å². The molecule has 19 heavy (non-hydrogen) atoms. The van der Waals surface area contributed by atoms with Crippen LogP contribution in [0.2, 0.25) is 0 Å². The van der Waals surface area contributed by atoms with E-state index in [1.165, 1.54) is 11.1 Å². The first-order valence-corrected chi connectivity index (χ1v) is 7.05. The molecular weight excluding hydrogens is 236 g/mol. The summed E-state index contributed by atoms with van der Waals surface area (Å²) in [6.45, 7) is 12.8. The Morgan fingerprint density at radius 1 is 1.26 bits per heavy atom. The van der Waals surface area contributed by atoms with Crippen LogP contribution >= 0.6 is 0 Å². The summed E-state index contributed by atoms with van der Waals surface area (Å²) in [5.74, 6) is 1.50. The summed E-state index contributed by atoms with van der Waals surface area (Å²) < 4.78 is 5.88. The minimum Gasteiger partial charge on any atom is -0.492 e. The molecule has 0 aromatic heterocycles. The van der Waals surface area contributed by atoms with Gasteiger partial charge in [-0.15, -0.1) is 0 Å². The zero-order chi connectivity index (χ0) is 14.5. The van der Waals surface area contributed by atoms with Crippen LogP contribution in [0, 0.1) is 19.8 Å². The molecule has 0 saturated heterocycles. The van der Waals surface area contributed by atoms with Crippen molar-refractivity contribution in [3.05, 3.63) is 29.3 Å². The summed E-state index contributed by atoms with van der Waals surface area (Å²) in [5.41, 5.74) is 8.19. The Morgan fingerprint density at radius 2 is 1.84 bits per heavy atom. The fourth-order valence-electron chi connectivity index (χ4n) is 2.03. The maximum atomic E-state index is 5.88. The lowest BCUT2D eigenvalue weighted by Crippen LogP contribution is -2.53. The summed E-state index contributed by atoms with van der Waals surface area (Å²) in [6.07, 6.45) is 0. The molecular formula is C16H28N2O. The average Bonchev–Trinajstić information content (AvgIpc) is 2.36. The minimum absolute atomic E-state index is 0.0237. The van der Waals surface area contributed by atoms with E-state index in [1.54, 1.807) is 0 Å². The lowest BCUT2D eigenvalue weighted by molar-refractivity contribution is 0.235. The van der Waals surface area contributed by atoms with Gasteiger partial charge in [0.1, 0.15) is 12.4 Å². The van der Waals surface area contributed by atoms with Crippen molar-refractivity contribution in [1.82, 2.24) is 5.32 Å². The molecule has 0 saturated carbocycles. The predicted octanol–water partition coefficient (Wildman–Crippen LogP) is 2.65. The highest BCUT2D eigenvalue weighted by Gasteiger charge is 2.25. The monoisotopic (exact) mass is 264 g/mol. The quantitative estimate of drug-likeness (QED) is 0.744. The van der Waals surface area contributed by atoms with E-state index in [0.717, 1.165) is 12.3 Å². The lowest BCUT2D eigenvalue weighted by Gasteiger charge is -2.33. The van der Waals surface area contributed by atoms with Crippen LogP contribution in [0.1, 0.15) is 31.9 Å². The van der Waals surface area contributed by atoms with Gasteiger partial charge in [-0.1, -0.05) is 32.0 Å². The molecule has 0 aliphatic rings. The first-order chi connectivity index (χ1) is 8.90. The van der Waals surface area contributed by atoms with Crippen molar-refractivity contribution in [2.45, 2.75) is 40.2 Å². The molecule has 0 aliphatic carbocycles. The second-order valence-corrected chi connectivity index (χ2v) is 5.77. The summed E-state index contributed by atoms with van der Waals surface area (Å²) in [4.78, 5) is 0. The molecule has 1 aromatic rings. The second kappa shape index (κ2) is 6.92.